The first kappa shape index (κ1) is 15.3. The molecule has 0 bridgehead atoms. The van der Waals surface area contributed by atoms with Crippen LogP contribution in [0, 0.1) is 0 Å². The highest BCUT2D eigenvalue weighted by molar-refractivity contribution is 7.13. The molecule has 1 fully saturated rings. The molecule has 3 nitrogen and oxygen atoms in total. The molecule has 2 aromatic rings. The summed E-state index contributed by atoms with van der Waals surface area (Å²) in [5.74, 6) is 0.134. The second-order valence-corrected chi connectivity index (χ2v) is 6.77. The van der Waals surface area contributed by atoms with Gasteiger partial charge in [-0.3, -0.25) is 4.79 Å². The predicted molar refractivity (Wildman–Crippen MR) is 92.1 cm³/mol. The molecule has 1 aromatic heterocycles. The van der Waals surface area contributed by atoms with E-state index in [9.17, 15) is 4.79 Å². The van der Waals surface area contributed by atoms with E-state index in [1.807, 2.05) is 6.92 Å². The van der Waals surface area contributed by atoms with Crippen LogP contribution in [0.15, 0.2) is 41.8 Å². The van der Waals surface area contributed by atoms with E-state index in [1.54, 1.807) is 11.3 Å². The normalized spacial score (nSPS) is 21.0. The summed E-state index contributed by atoms with van der Waals surface area (Å²) >= 11 is 1.75. The van der Waals surface area contributed by atoms with E-state index in [0.29, 0.717) is 6.54 Å². The fourth-order valence-electron chi connectivity index (χ4n) is 3.14. The number of rotatable bonds is 5. The Morgan fingerprint density at radius 1 is 1.32 bits per heavy atom. The van der Waals surface area contributed by atoms with Crippen LogP contribution in [0.1, 0.15) is 25.3 Å². The first-order chi connectivity index (χ1) is 10.7. The summed E-state index contributed by atoms with van der Waals surface area (Å²) in [5.41, 5.74) is 2.02. The van der Waals surface area contributed by atoms with E-state index in [0.717, 1.165) is 25.8 Å². The van der Waals surface area contributed by atoms with Crippen LogP contribution in [-0.4, -0.2) is 24.5 Å². The highest BCUT2D eigenvalue weighted by Crippen LogP contribution is 2.28. The molecule has 1 amide bonds. The van der Waals surface area contributed by atoms with Gasteiger partial charge < -0.3 is 10.6 Å². The number of likely N-dealkylation sites (N-methyl/N-ethyl adjacent to an activating group) is 1. The quantitative estimate of drug-likeness (QED) is 0.890. The molecule has 0 aliphatic carbocycles. The molecule has 116 valence electrons. The zero-order valence-corrected chi connectivity index (χ0v) is 13.7. The number of benzene rings is 1. The number of nitrogens with one attached hydrogen (secondary N) is 2. The first-order valence-electron chi connectivity index (χ1n) is 7.90. The Bertz CT molecular complexity index is 613. The van der Waals surface area contributed by atoms with E-state index >= 15 is 0 Å². The van der Waals surface area contributed by atoms with Crippen molar-refractivity contribution in [1.29, 1.82) is 0 Å². The van der Waals surface area contributed by atoms with Crippen molar-refractivity contribution < 1.29 is 4.79 Å². The molecular formula is C18H22N2OS. The molecule has 2 N–H and O–H groups in total. The molecule has 0 saturated carbocycles. The molecule has 2 heterocycles. The lowest BCUT2D eigenvalue weighted by atomic mass is 9.88. The van der Waals surface area contributed by atoms with Gasteiger partial charge in [0.2, 0.25) is 5.91 Å². The van der Waals surface area contributed by atoms with Crippen LogP contribution in [0.2, 0.25) is 0 Å². The first-order valence-corrected chi connectivity index (χ1v) is 8.78. The minimum atomic E-state index is -0.430. The van der Waals surface area contributed by atoms with Crippen molar-refractivity contribution >= 4 is 17.2 Å². The highest BCUT2D eigenvalue weighted by atomic mass is 32.1. The maximum Gasteiger partial charge on any atom is 0.240 e. The second-order valence-electron chi connectivity index (χ2n) is 5.82. The van der Waals surface area contributed by atoms with Gasteiger partial charge in [-0.05, 0) is 55.3 Å². The minimum absolute atomic E-state index is 0.134. The standard InChI is InChI=1S/C18H22N2OS/c1-2-19-17(21)18(10-4-11-20-18)13-14-6-8-15(9-7-14)16-5-3-12-22-16/h3,5-9,12,20H,2,4,10-11,13H2,1H3,(H,19,21). The number of carbonyl (C=O) groups excluding carboxylic acids is 1. The molecule has 1 unspecified atom stereocenters. The van der Waals surface area contributed by atoms with Crippen molar-refractivity contribution in [2.75, 3.05) is 13.1 Å². The van der Waals surface area contributed by atoms with E-state index < -0.39 is 5.54 Å². The van der Waals surface area contributed by atoms with Crippen molar-refractivity contribution in [2.24, 2.45) is 0 Å². The van der Waals surface area contributed by atoms with Crippen molar-refractivity contribution in [3.05, 3.63) is 47.3 Å². The van der Waals surface area contributed by atoms with Crippen LogP contribution in [0.4, 0.5) is 0 Å². The molecule has 22 heavy (non-hydrogen) atoms. The third-order valence-electron chi connectivity index (χ3n) is 4.28. The lowest BCUT2D eigenvalue weighted by Crippen LogP contribution is -2.55. The molecule has 1 atom stereocenters. The fraction of sp³-hybridized carbons (Fsp3) is 0.389. The summed E-state index contributed by atoms with van der Waals surface area (Å²) in [6, 6.07) is 12.8. The molecule has 1 aliphatic heterocycles. The van der Waals surface area contributed by atoms with Gasteiger partial charge in [0.05, 0.1) is 0 Å². The summed E-state index contributed by atoms with van der Waals surface area (Å²) in [6.07, 6.45) is 2.72. The van der Waals surface area contributed by atoms with E-state index in [1.165, 1.54) is 16.0 Å². The Hall–Kier alpha value is -1.65. The zero-order chi connectivity index (χ0) is 15.4. The number of hydrogen-bond donors (Lipinski definition) is 2. The van der Waals surface area contributed by atoms with Gasteiger partial charge in [-0.2, -0.15) is 0 Å². The van der Waals surface area contributed by atoms with Gasteiger partial charge in [0, 0.05) is 11.4 Å². The second kappa shape index (κ2) is 6.63. The smallest absolute Gasteiger partial charge is 0.240 e. The van der Waals surface area contributed by atoms with Gasteiger partial charge in [0.1, 0.15) is 5.54 Å². The Morgan fingerprint density at radius 2 is 2.14 bits per heavy atom. The summed E-state index contributed by atoms with van der Waals surface area (Å²) in [7, 11) is 0. The third kappa shape index (κ3) is 3.08. The molecule has 1 aliphatic rings. The number of amides is 1. The number of hydrogen-bond acceptors (Lipinski definition) is 3. The molecule has 0 radical (unpaired) electrons. The predicted octanol–water partition coefficient (Wildman–Crippen LogP) is 3.22. The number of carbonyl (C=O) groups is 1. The lowest BCUT2D eigenvalue weighted by Gasteiger charge is -2.28. The summed E-state index contributed by atoms with van der Waals surface area (Å²) in [6.45, 7) is 3.57. The third-order valence-corrected chi connectivity index (χ3v) is 5.20. The Balaban J connectivity index is 1.77. The molecule has 0 spiro atoms. The summed E-state index contributed by atoms with van der Waals surface area (Å²) < 4.78 is 0. The topological polar surface area (TPSA) is 41.1 Å². The zero-order valence-electron chi connectivity index (χ0n) is 12.9. The summed E-state index contributed by atoms with van der Waals surface area (Å²) in [4.78, 5) is 13.7. The van der Waals surface area contributed by atoms with Crippen LogP contribution in [0.3, 0.4) is 0 Å². The van der Waals surface area contributed by atoms with Gasteiger partial charge in [-0.15, -0.1) is 11.3 Å². The Kier molecular flexibility index (Phi) is 4.60. The van der Waals surface area contributed by atoms with Gasteiger partial charge in [0.25, 0.3) is 0 Å². The fourth-order valence-corrected chi connectivity index (χ4v) is 3.87. The largest absolute Gasteiger partial charge is 0.355 e. The van der Waals surface area contributed by atoms with Gasteiger partial charge in [-0.1, -0.05) is 30.3 Å². The molecule has 1 aromatic carbocycles. The molecule has 1 saturated heterocycles. The van der Waals surface area contributed by atoms with E-state index in [4.69, 9.17) is 0 Å². The van der Waals surface area contributed by atoms with Crippen molar-refractivity contribution in [3.63, 3.8) is 0 Å². The van der Waals surface area contributed by atoms with Crippen LogP contribution in [0.5, 0.6) is 0 Å². The van der Waals surface area contributed by atoms with Gasteiger partial charge in [-0.25, -0.2) is 0 Å². The highest BCUT2D eigenvalue weighted by Gasteiger charge is 2.40. The monoisotopic (exact) mass is 314 g/mol. The van der Waals surface area contributed by atoms with Gasteiger partial charge in [0.15, 0.2) is 0 Å². The molecule has 3 rings (SSSR count). The van der Waals surface area contributed by atoms with Crippen LogP contribution in [0.25, 0.3) is 10.4 Å². The molecule has 4 heteroatoms. The minimum Gasteiger partial charge on any atom is -0.355 e. The molecular weight excluding hydrogens is 292 g/mol. The Labute approximate surface area is 135 Å². The van der Waals surface area contributed by atoms with Crippen LogP contribution < -0.4 is 10.6 Å². The lowest BCUT2D eigenvalue weighted by molar-refractivity contribution is -0.127. The number of thiophene rings is 1. The average Bonchev–Trinajstić information content (AvgIpc) is 3.20. The van der Waals surface area contributed by atoms with Crippen molar-refractivity contribution in [2.45, 2.75) is 31.7 Å². The Morgan fingerprint density at radius 3 is 2.73 bits per heavy atom. The van der Waals surface area contributed by atoms with Crippen molar-refractivity contribution in [1.82, 2.24) is 10.6 Å². The maximum absolute atomic E-state index is 12.5. The van der Waals surface area contributed by atoms with Crippen LogP contribution >= 0.6 is 11.3 Å². The average molecular weight is 314 g/mol. The van der Waals surface area contributed by atoms with Crippen molar-refractivity contribution in [3.8, 4) is 10.4 Å². The van der Waals surface area contributed by atoms with E-state index in [-0.39, 0.29) is 5.91 Å². The van der Waals surface area contributed by atoms with Crippen LogP contribution in [-0.2, 0) is 11.2 Å². The summed E-state index contributed by atoms with van der Waals surface area (Å²) in [5, 5.41) is 8.51. The van der Waals surface area contributed by atoms with Gasteiger partial charge >= 0.3 is 0 Å². The maximum atomic E-state index is 12.5. The SMILES string of the molecule is CCNC(=O)C1(Cc2ccc(-c3cccs3)cc2)CCCN1. The van der Waals surface area contributed by atoms with E-state index in [2.05, 4.69) is 52.4 Å².